The predicted octanol–water partition coefficient (Wildman–Crippen LogP) is 1.73. The molecule has 0 amide bonds. The first-order valence-electron chi connectivity index (χ1n) is 7.73. The summed E-state index contributed by atoms with van der Waals surface area (Å²) in [4.78, 5) is 12.1. The molecule has 2 aromatic rings. The zero-order chi connectivity index (χ0) is 17.3. The van der Waals surface area contributed by atoms with Crippen LogP contribution in [0.1, 0.15) is 12.0 Å². The number of rotatable bonds is 4. The quantitative estimate of drug-likeness (QED) is 0.907. The second-order valence-corrected chi connectivity index (χ2v) is 7.76. The van der Waals surface area contributed by atoms with Gasteiger partial charge >= 0.3 is 0 Å². The van der Waals surface area contributed by atoms with Gasteiger partial charge in [0.25, 0.3) is 10.0 Å². The molecule has 1 aliphatic rings. The minimum Gasteiger partial charge on any atom is -0.374 e. The number of sulfonamides is 1. The highest BCUT2D eigenvalue weighted by Crippen LogP contribution is 2.30. The van der Waals surface area contributed by atoms with E-state index >= 15 is 0 Å². The number of benzene rings is 1. The summed E-state index contributed by atoms with van der Waals surface area (Å²) in [6.45, 7) is 0.932. The summed E-state index contributed by atoms with van der Waals surface area (Å²) in [6, 6.07) is 5.28. The van der Waals surface area contributed by atoms with Gasteiger partial charge in [0.2, 0.25) is 0 Å². The fraction of sp³-hybridized carbons (Fsp3) is 0.375. The molecule has 0 atom stereocenters. The SMILES string of the molecule is CN(C)c1ncncc1NS(=O)(=O)c1ccc2c(c1)N(C)CCC2. The molecular weight excluding hydrogens is 326 g/mol. The van der Waals surface area contributed by atoms with Crippen LogP contribution in [0.4, 0.5) is 17.2 Å². The summed E-state index contributed by atoms with van der Waals surface area (Å²) < 4.78 is 28.1. The van der Waals surface area contributed by atoms with Crippen LogP contribution in [-0.4, -0.2) is 46.1 Å². The molecule has 1 aliphatic heterocycles. The fourth-order valence-electron chi connectivity index (χ4n) is 2.86. The fourth-order valence-corrected chi connectivity index (χ4v) is 3.93. The van der Waals surface area contributed by atoms with Crippen LogP contribution < -0.4 is 14.5 Å². The Morgan fingerprint density at radius 1 is 1.29 bits per heavy atom. The molecule has 0 unspecified atom stereocenters. The first-order valence-corrected chi connectivity index (χ1v) is 9.21. The van der Waals surface area contributed by atoms with E-state index in [4.69, 9.17) is 0 Å². The van der Waals surface area contributed by atoms with Crippen molar-refractivity contribution in [3.63, 3.8) is 0 Å². The van der Waals surface area contributed by atoms with Crippen LogP contribution in [0.2, 0.25) is 0 Å². The third kappa shape index (κ3) is 3.14. The lowest BCUT2D eigenvalue weighted by molar-refractivity contribution is 0.601. The number of aromatic nitrogens is 2. The number of aryl methyl sites for hydroxylation is 1. The number of fused-ring (bicyclic) bond motifs is 1. The maximum atomic E-state index is 12.8. The lowest BCUT2D eigenvalue weighted by atomic mass is 10.0. The molecule has 0 aliphatic carbocycles. The largest absolute Gasteiger partial charge is 0.374 e. The summed E-state index contributed by atoms with van der Waals surface area (Å²) in [7, 11) is 1.87. The average molecular weight is 347 g/mol. The van der Waals surface area contributed by atoms with Gasteiger partial charge in [-0.1, -0.05) is 6.07 Å². The highest BCUT2D eigenvalue weighted by atomic mass is 32.2. The molecule has 0 bridgehead atoms. The second kappa shape index (κ2) is 6.27. The van der Waals surface area contributed by atoms with Crippen molar-refractivity contribution in [1.29, 1.82) is 0 Å². The lowest BCUT2D eigenvalue weighted by Crippen LogP contribution is -2.25. The monoisotopic (exact) mass is 347 g/mol. The van der Waals surface area contributed by atoms with E-state index in [2.05, 4.69) is 19.6 Å². The molecular formula is C16H21N5O2S. The normalized spacial score (nSPS) is 14.2. The van der Waals surface area contributed by atoms with Gasteiger partial charge in [0.1, 0.15) is 12.0 Å². The Morgan fingerprint density at radius 2 is 2.08 bits per heavy atom. The number of hydrogen-bond donors (Lipinski definition) is 1. The van der Waals surface area contributed by atoms with Gasteiger partial charge in [-0.05, 0) is 30.5 Å². The highest BCUT2D eigenvalue weighted by Gasteiger charge is 2.21. The summed E-state index contributed by atoms with van der Waals surface area (Å²) in [5, 5.41) is 0. The van der Waals surface area contributed by atoms with Crippen molar-refractivity contribution in [2.45, 2.75) is 17.7 Å². The van der Waals surface area contributed by atoms with Crippen molar-refractivity contribution in [3.8, 4) is 0 Å². The molecule has 8 heteroatoms. The molecule has 128 valence electrons. The molecule has 1 aromatic heterocycles. The molecule has 0 saturated heterocycles. The molecule has 1 aromatic carbocycles. The first-order chi connectivity index (χ1) is 11.4. The van der Waals surface area contributed by atoms with Crippen molar-refractivity contribution < 1.29 is 8.42 Å². The summed E-state index contributed by atoms with van der Waals surface area (Å²) in [5.41, 5.74) is 2.51. The molecule has 0 saturated carbocycles. The number of anilines is 3. The minimum absolute atomic E-state index is 0.239. The molecule has 0 spiro atoms. The van der Waals surface area contributed by atoms with Gasteiger partial charge in [-0.3, -0.25) is 4.72 Å². The highest BCUT2D eigenvalue weighted by molar-refractivity contribution is 7.92. The van der Waals surface area contributed by atoms with E-state index < -0.39 is 10.0 Å². The topological polar surface area (TPSA) is 78.4 Å². The van der Waals surface area contributed by atoms with Crippen molar-refractivity contribution in [3.05, 3.63) is 36.3 Å². The number of hydrogen-bond acceptors (Lipinski definition) is 6. The maximum Gasteiger partial charge on any atom is 0.262 e. The average Bonchev–Trinajstić information content (AvgIpc) is 2.55. The van der Waals surface area contributed by atoms with Crippen LogP contribution in [0.3, 0.4) is 0 Å². The molecule has 3 rings (SSSR count). The summed E-state index contributed by atoms with van der Waals surface area (Å²) >= 11 is 0. The Morgan fingerprint density at radius 3 is 2.83 bits per heavy atom. The van der Waals surface area contributed by atoms with Gasteiger partial charge in [-0.25, -0.2) is 18.4 Å². The maximum absolute atomic E-state index is 12.8. The van der Waals surface area contributed by atoms with E-state index in [0.717, 1.165) is 25.1 Å². The molecule has 7 nitrogen and oxygen atoms in total. The van der Waals surface area contributed by atoms with Gasteiger partial charge in [0, 0.05) is 33.4 Å². The van der Waals surface area contributed by atoms with E-state index in [0.29, 0.717) is 11.5 Å². The van der Waals surface area contributed by atoms with Gasteiger partial charge in [-0.2, -0.15) is 0 Å². The summed E-state index contributed by atoms with van der Waals surface area (Å²) in [5.74, 6) is 0.517. The zero-order valence-electron chi connectivity index (χ0n) is 14.0. The van der Waals surface area contributed by atoms with Crippen LogP contribution in [0, 0.1) is 0 Å². The Bertz CT molecular complexity index is 851. The van der Waals surface area contributed by atoms with Gasteiger partial charge < -0.3 is 9.80 Å². The van der Waals surface area contributed by atoms with Crippen molar-refractivity contribution in [2.75, 3.05) is 42.2 Å². The predicted molar refractivity (Wildman–Crippen MR) is 95.2 cm³/mol. The van der Waals surface area contributed by atoms with Crippen LogP contribution in [0.5, 0.6) is 0 Å². The number of nitrogens with one attached hydrogen (secondary N) is 1. The molecule has 2 heterocycles. The third-order valence-electron chi connectivity index (χ3n) is 4.08. The second-order valence-electron chi connectivity index (χ2n) is 6.08. The van der Waals surface area contributed by atoms with E-state index in [-0.39, 0.29) is 4.90 Å². The molecule has 0 radical (unpaired) electrons. The van der Waals surface area contributed by atoms with Crippen molar-refractivity contribution in [2.24, 2.45) is 0 Å². The summed E-state index contributed by atoms with van der Waals surface area (Å²) in [6.07, 6.45) is 4.91. The molecule has 0 fully saturated rings. The Hall–Kier alpha value is -2.35. The van der Waals surface area contributed by atoms with Gasteiger partial charge in [0.15, 0.2) is 5.82 Å². The van der Waals surface area contributed by atoms with Crippen LogP contribution in [-0.2, 0) is 16.4 Å². The van der Waals surface area contributed by atoms with Crippen molar-refractivity contribution >= 4 is 27.2 Å². The van der Waals surface area contributed by atoms with Gasteiger partial charge in [-0.15, -0.1) is 0 Å². The third-order valence-corrected chi connectivity index (χ3v) is 5.44. The smallest absolute Gasteiger partial charge is 0.262 e. The minimum atomic E-state index is -3.71. The van der Waals surface area contributed by atoms with Crippen LogP contribution in [0.15, 0.2) is 35.6 Å². The number of nitrogens with zero attached hydrogens (tertiary/aromatic N) is 4. The van der Waals surface area contributed by atoms with E-state index in [1.165, 1.54) is 18.1 Å². The standard InChI is InChI=1S/C16H21N5O2S/c1-20(2)16-14(10-17-11-18-16)19-24(22,23)13-7-6-12-5-4-8-21(3)15(12)9-13/h6-7,9-11,19H,4-5,8H2,1-3H3. The lowest BCUT2D eigenvalue weighted by Gasteiger charge is -2.28. The van der Waals surface area contributed by atoms with Crippen LogP contribution >= 0.6 is 0 Å². The van der Waals surface area contributed by atoms with Crippen molar-refractivity contribution in [1.82, 2.24) is 9.97 Å². The van der Waals surface area contributed by atoms with E-state index in [9.17, 15) is 8.42 Å². The Balaban J connectivity index is 1.96. The zero-order valence-corrected chi connectivity index (χ0v) is 14.8. The Labute approximate surface area is 142 Å². The molecule has 1 N–H and O–H groups in total. The van der Waals surface area contributed by atoms with E-state index in [1.54, 1.807) is 31.1 Å². The van der Waals surface area contributed by atoms with Gasteiger partial charge in [0.05, 0.1) is 11.1 Å². The van der Waals surface area contributed by atoms with E-state index in [1.807, 2.05) is 13.1 Å². The Kier molecular flexibility index (Phi) is 4.31. The first kappa shape index (κ1) is 16.5. The van der Waals surface area contributed by atoms with Crippen LogP contribution in [0.25, 0.3) is 0 Å². The molecule has 24 heavy (non-hydrogen) atoms.